The molecule has 0 bridgehead atoms. The smallest absolute Gasteiger partial charge is 0.274 e. The zero-order valence-electron chi connectivity index (χ0n) is 13.0. The Bertz CT molecular complexity index is 699. The number of carbonyl (C=O) groups excluding carboxylic acids is 1. The van der Waals surface area contributed by atoms with E-state index < -0.39 is 6.10 Å². The van der Waals surface area contributed by atoms with E-state index in [4.69, 9.17) is 11.6 Å². The molecule has 0 saturated carbocycles. The van der Waals surface area contributed by atoms with Gasteiger partial charge in [-0.15, -0.1) is 0 Å². The molecule has 1 aliphatic rings. The van der Waals surface area contributed by atoms with E-state index in [-0.39, 0.29) is 11.9 Å². The molecule has 3 rings (SSSR count). The van der Waals surface area contributed by atoms with E-state index in [0.717, 1.165) is 25.1 Å². The predicted octanol–water partition coefficient (Wildman–Crippen LogP) is 2.90. The normalized spacial score (nSPS) is 19.1. The molecule has 1 fully saturated rings. The number of nitrogens with zero attached hydrogens (tertiary/aromatic N) is 3. The maximum absolute atomic E-state index is 12.7. The van der Waals surface area contributed by atoms with Gasteiger partial charge < -0.3 is 10.0 Å². The van der Waals surface area contributed by atoms with E-state index in [1.54, 1.807) is 29.9 Å². The van der Waals surface area contributed by atoms with Gasteiger partial charge in [-0.2, -0.15) is 5.10 Å². The van der Waals surface area contributed by atoms with Crippen LogP contribution >= 0.6 is 11.6 Å². The molecule has 1 aliphatic heterocycles. The first kappa shape index (κ1) is 16.0. The van der Waals surface area contributed by atoms with Crippen molar-refractivity contribution in [3.63, 3.8) is 0 Å². The Morgan fingerprint density at radius 1 is 1.43 bits per heavy atom. The highest BCUT2D eigenvalue weighted by Gasteiger charge is 2.31. The predicted molar refractivity (Wildman–Crippen MR) is 88.9 cm³/mol. The number of halogens is 1. The molecule has 2 atom stereocenters. The van der Waals surface area contributed by atoms with E-state index >= 15 is 0 Å². The van der Waals surface area contributed by atoms with Crippen molar-refractivity contribution in [2.24, 2.45) is 0 Å². The second-order valence-electron chi connectivity index (χ2n) is 5.98. The van der Waals surface area contributed by atoms with Crippen LogP contribution in [0.5, 0.6) is 0 Å². The van der Waals surface area contributed by atoms with Crippen molar-refractivity contribution in [3.8, 4) is 5.69 Å². The van der Waals surface area contributed by atoms with Gasteiger partial charge in [0, 0.05) is 18.8 Å². The second kappa shape index (κ2) is 6.72. The average Bonchev–Trinajstić information content (AvgIpc) is 3.16. The zero-order valence-corrected chi connectivity index (χ0v) is 13.8. The number of rotatable bonds is 4. The number of aromatic nitrogens is 2. The average molecular weight is 334 g/mol. The number of likely N-dealkylation sites (tertiary alicyclic amines) is 1. The summed E-state index contributed by atoms with van der Waals surface area (Å²) < 4.78 is 1.62. The summed E-state index contributed by atoms with van der Waals surface area (Å²) in [6.45, 7) is 2.47. The Hall–Kier alpha value is -1.85. The van der Waals surface area contributed by atoms with Gasteiger partial charge in [0.2, 0.25) is 0 Å². The van der Waals surface area contributed by atoms with Crippen LogP contribution in [0.15, 0.2) is 36.5 Å². The molecule has 2 heterocycles. The molecule has 2 aromatic rings. The summed E-state index contributed by atoms with van der Waals surface area (Å²) in [5, 5.41) is 14.6. The van der Waals surface area contributed by atoms with Gasteiger partial charge in [-0.1, -0.05) is 23.7 Å². The van der Waals surface area contributed by atoms with Gasteiger partial charge in [0.1, 0.15) is 0 Å². The monoisotopic (exact) mass is 333 g/mol. The summed E-state index contributed by atoms with van der Waals surface area (Å²) in [6, 6.07) is 9.18. The fraction of sp³-hybridized carbons (Fsp3) is 0.412. The molecule has 122 valence electrons. The van der Waals surface area contributed by atoms with Crippen molar-refractivity contribution in [2.45, 2.75) is 38.3 Å². The molecule has 0 spiro atoms. The summed E-state index contributed by atoms with van der Waals surface area (Å²) in [7, 11) is 0. The Morgan fingerprint density at radius 2 is 2.22 bits per heavy atom. The molecule has 1 saturated heterocycles. The molecule has 1 aromatic carbocycles. The Kier molecular flexibility index (Phi) is 4.68. The zero-order chi connectivity index (χ0) is 16.4. The van der Waals surface area contributed by atoms with Crippen LogP contribution in [0.2, 0.25) is 5.02 Å². The van der Waals surface area contributed by atoms with Crippen LogP contribution in [-0.2, 0) is 0 Å². The van der Waals surface area contributed by atoms with Crippen molar-refractivity contribution in [1.82, 2.24) is 14.7 Å². The largest absolute Gasteiger partial charge is 0.393 e. The highest BCUT2D eigenvalue weighted by molar-refractivity contribution is 6.32. The molecule has 1 amide bonds. The van der Waals surface area contributed by atoms with Crippen molar-refractivity contribution in [2.75, 3.05) is 6.54 Å². The molecule has 1 N–H and O–H groups in total. The van der Waals surface area contributed by atoms with Crippen LogP contribution in [0.4, 0.5) is 0 Å². The van der Waals surface area contributed by atoms with Crippen LogP contribution in [0.25, 0.3) is 5.69 Å². The van der Waals surface area contributed by atoms with Gasteiger partial charge in [-0.25, -0.2) is 4.68 Å². The Balaban J connectivity index is 1.80. The quantitative estimate of drug-likeness (QED) is 0.936. The summed E-state index contributed by atoms with van der Waals surface area (Å²) in [4.78, 5) is 14.5. The third-order valence-corrected chi connectivity index (χ3v) is 4.48. The first-order chi connectivity index (χ1) is 11.1. The lowest BCUT2D eigenvalue weighted by atomic mass is 10.1. The lowest BCUT2D eigenvalue weighted by molar-refractivity contribution is 0.0676. The van der Waals surface area contributed by atoms with Crippen LogP contribution in [-0.4, -0.2) is 44.4 Å². The van der Waals surface area contributed by atoms with Crippen molar-refractivity contribution < 1.29 is 9.90 Å². The van der Waals surface area contributed by atoms with Gasteiger partial charge in [-0.05, 0) is 44.4 Å². The fourth-order valence-corrected chi connectivity index (χ4v) is 3.32. The molecule has 1 aromatic heterocycles. The number of hydrogen-bond acceptors (Lipinski definition) is 3. The molecule has 0 aliphatic carbocycles. The lowest BCUT2D eigenvalue weighted by Crippen LogP contribution is -2.37. The third-order valence-electron chi connectivity index (χ3n) is 4.16. The summed E-state index contributed by atoms with van der Waals surface area (Å²) in [5.74, 6) is -0.0843. The Morgan fingerprint density at radius 3 is 2.96 bits per heavy atom. The maximum Gasteiger partial charge on any atom is 0.274 e. The molecule has 0 radical (unpaired) electrons. The number of aliphatic hydroxyl groups is 1. The summed E-state index contributed by atoms with van der Waals surface area (Å²) in [5.41, 5.74) is 1.15. The molecular weight excluding hydrogens is 314 g/mol. The first-order valence-corrected chi connectivity index (χ1v) is 8.23. The van der Waals surface area contributed by atoms with Gasteiger partial charge in [-0.3, -0.25) is 4.79 Å². The van der Waals surface area contributed by atoms with Crippen molar-refractivity contribution >= 4 is 17.5 Å². The van der Waals surface area contributed by atoms with Crippen molar-refractivity contribution in [3.05, 3.63) is 47.2 Å². The maximum atomic E-state index is 12.7. The van der Waals surface area contributed by atoms with Gasteiger partial charge >= 0.3 is 0 Å². The number of aliphatic hydroxyl groups excluding tert-OH is 1. The third kappa shape index (κ3) is 3.41. The summed E-state index contributed by atoms with van der Waals surface area (Å²) >= 11 is 6.17. The topological polar surface area (TPSA) is 58.4 Å². The molecule has 6 heteroatoms. The fourth-order valence-electron chi connectivity index (χ4n) is 3.10. The van der Waals surface area contributed by atoms with Crippen LogP contribution < -0.4 is 0 Å². The van der Waals surface area contributed by atoms with E-state index in [1.807, 2.05) is 23.1 Å². The number of para-hydroxylation sites is 1. The highest BCUT2D eigenvalue weighted by Crippen LogP contribution is 2.24. The highest BCUT2D eigenvalue weighted by atomic mass is 35.5. The second-order valence-corrected chi connectivity index (χ2v) is 6.38. The standard InChI is InChI=1S/C17H20ClN3O2/c1-12(22)11-13-5-4-9-20(13)17(23)15-8-10-21(19-15)16-7-3-2-6-14(16)18/h2-3,6-8,10,12-13,22H,4-5,9,11H2,1H3. The van der Waals surface area contributed by atoms with Crippen LogP contribution in [0, 0.1) is 0 Å². The van der Waals surface area contributed by atoms with Gasteiger partial charge in [0.05, 0.1) is 16.8 Å². The van der Waals surface area contributed by atoms with E-state index in [1.165, 1.54) is 0 Å². The van der Waals surface area contributed by atoms with Crippen LogP contribution in [0.3, 0.4) is 0 Å². The first-order valence-electron chi connectivity index (χ1n) is 7.86. The number of hydrogen-bond donors (Lipinski definition) is 1. The number of amides is 1. The number of carbonyl (C=O) groups is 1. The molecule has 23 heavy (non-hydrogen) atoms. The van der Waals surface area contributed by atoms with Gasteiger partial charge in [0.25, 0.3) is 5.91 Å². The molecule has 5 nitrogen and oxygen atoms in total. The molecular formula is C17H20ClN3O2. The van der Waals surface area contributed by atoms with E-state index in [0.29, 0.717) is 17.1 Å². The van der Waals surface area contributed by atoms with E-state index in [9.17, 15) is 9.90 Å². The van der Waals surface area contributed by atoms with Gasteiger partial charge in [0.15, 0.2) is 5.69 Å². The number of benzene rings is 1. The SMILES string of the molecule is CC(O)CC1CCCN1C(=O)c1ccn(-c2ccccc2Cl)n1. The summed E-state index contributed by atoms with van der Waals surface area (Å²) in [6.07, 6.45) is 3.84. The van der Waals surface area contributed by atoms with Crippen LogP contribution in [0.1, 0.15) is 36.7 Å². The minimum atomic E-state index is -0.408. The lowest BCUT2D eigenvalue weighted by Gasteiger charge is -2.24. The minimum Gasteiger partial charge on any atom is -0.393 e. The van der Waals surface area contributed by atoms with E-state index in [2.05, 4.69) is 5.10 Å². The minimum absolute atomic E-state index is 0.0843. The molecule has 2 unspecified atom stereocenters. The Labute approximate surface area is 140 Å². The van der Waals surface area contributed by atoms with Crippen molar-refractivity contribution in [1.29, 1.82) is 0 Å².